The van der Waals surface area contributed by atoms with E-state index in [1.807, 2.05) is 25.1 Å². The van der Waals surface area contributed by atoms with Gasteiger partial charge < -0.3 is 15.8 Å². The minimum atomic E-state index is -0.333. The van der Waals surface area contributed by atoms with Crippen molar-refractivity contribution < 1.29 is 9.59 Å². The first kappa shape index (κ1) is 15.0. The fraction of sp³-hybridized carbons (Fsp3) is 0.312. The summed E-state index contributed by atoms with van der Waals surface area (Å²) in [5, 5.41) is 3.47. The maximum Gasteiger partial charge on any atom is 0.219 e. The number of nitrogens with one attached hydrogen (secondary N) is 1. The Balaban J connectivity index is 2.37. The molecule has 2 aromatic rings. The lowest BCUT2D eigenvalue weighted by Crippen LogP contribution is -2.18. The van der Waals surface area contributed by atoms with Crippen molar-refractivity contribution in [2.24, 2.45) is 0 Å². The Kier molecular flexibility index (Phi) is 4.52. The van der Waals surface area contributed by atoms with E-state index in [0.717, 1.165) is 28.4 Å². The molecule has 0 aliphatic rings. The smallest absolute Gasteiger partial charge is 0.219 e. The van der Waals surface area contributed by atoms with Crippen molar-refractivity contribution in [3.8, 4) is 0 Å². The molecule has 1 heterocycles. The van der Waals surface area contributed by atoms with Crippen molar-refractivity contribution in [3.63, 3.8) is 0 Å². The summed E-state index contributed by atoms with van der Waals surface area (Å²) in [6.45, 7) is 1.86. The van der Waals surface area contributed by atoms with Gasteiger partial charge in [-0.2, -0.15) is 0 Å². The molecule has 0 saturated carbocycles. The highest BCUT2D eigenvalue weighted by Crippen LogP contribution is 2.27. The molecule has 0 fully saturated rings. The van der Waals surface area contributed by atoms with Gasteiger partial charge >= 0.3 is 0 Å². The Morgan fingerprint density at radius 3 is 2.90 bits per heavy atom. The molecule has 0 aliphatic heterocycles. The van der Waals surface area contributed by atoms with Crippen LogP contribution in [0.4, 0.5) is 5.69 Å². The molecular weight excluding hydrogens is 266 g/mol. The van der Waals surface area contributed by atoms with Crippen LogP contribution >= 0.6 is 0 Å². The molecule has 1 amide bonds. The highest BCUT2D eigenvalue weighted by molar-refractivity contribution is 5.90. The van der Waals surface area contributed by atoms with Crippen molar-refractivity contribution >= 4 is 28.8 Å². The van der Waals surface area contributed by atoms with E-state index >= 15 is 0 Å². The molecule has 0 spiro atoms. The summed E-state index contributed by atoms with van der Waals surface area (Å²) < 4.78 is 0. The number of benzene rings is 1. The van der Waals surface area contributed by atoms with E-state index in [2.05, 4.69) is 10.3 Å². The molecule has 0 saturated heterocycles. The largest absolute Gasteiger partial charge is 0.397 e. The van der Waals surface area contributed by atoms with Gasteiger partial charge in [-0.25, -0.2) is 0 Å². The number of amides is 1. The Morgan fingerprint density at radius 2 is 2.24 bits per heavy atom. The maximum atomic E-state index is 11.4. The maximum absolute atomic E-state index is 11.4. The number of fused-ring (bicyclic) bond motifs is 1. The predicted octanol–water partition coefficient (Wildman–Crippen LogP) is 1.93. The number of aromatic nitrogens is 1. The van der Waals surface area contributed by atoms with Gasteiger partial charge in [0, 0.05) is 30.5 Å². The zero-order valence-corrected chi connectivity index (χ0v) is 12.2. The minimum absolute atomic E-state index is 0.0718. The van der Waals surface area contributed by atoms with Crippen LogP contribution in [0, 0.1) is 6.92 Å². The van der Waals surface area contributed by atoms with Gasteiger partial charge in [0.1, 0.15) is 6.29 Å². The number of para-hydroxylation sites is 1. The SMILES string of the molecule is CNC(=O)CCC(C=O)c1cc2cccc(N)c2nc1C. The van der Waals surface area contributed by atoms with Gasteiger partial charge in [0.2, 0.25) is 5.91 Å². The lowest BCUT2D eigenvalue weighted by molar-refractivity contribution is -0.120. The third-order valence-electron chi connectivity index (χ3n) is 3.63. The fourth-order valence-electron chi connectivity index (χ4n) is 2.41. The van der Waals surface area contributed by atoms with Crippen LogP contribution in [-0.4, -0.2) is 24.2 Å². The van der Waals surface area contributed by atoms with Crippen LogP contribution in [0.15, 0.2) is 24.3 Å². The number of aldehydes is 1. The van der Waals surface area contributed by atoms with Gasteiger partial charge in [-0.3, -0.25) is 9.78 Å². The number of nitrogens with two attached hydrogens (primary N) is 1. The zero-order valence-electron chi connectivity index (χ0n) is 12.2. The predicted molar refractivity (Wildman–Crippen MR) is 83.0 cm³/mol. The van der Waals surface area contributed by atoms with Crippen molar-refractivity contribution in [3.05, 3.63) is 35.5 Å². The van der Waals surface area contributed by atoms with Crippen LogP contribution in [0.1, 0.15) is 30.0 Å². The van der Waals surface area contributed by atoms with Gasteiger partial charge in [-0.1, -0.05) is 12.1 Å². The van der Waals surface area contributed by atoms with Crippen molar-refractivity contribution in [2.45, 2.75) is 25.7 Å². The second kappa shape index (κ2) is 6.35. The molecule has 1 aromatic carbocycles. The van der Waals surface area contributed by atoms with Crippen LogP contribution in [0.5, 0.6) is 0 Å². The minimum Gasteiger partial charge on any atom is -0.397 e. The highest BCUT2D eigenvalue weighted by atomic mass is 16.1. The van der Waals surface area contributed by atoms with Crippen LogP contribution in [0.3, 0.4) is 0 Å². The molecule has 3 N–H and O–H groups in total. The number of hydrogen-bond donors (Lipinski definition) is 2. The molecule has 0 aliphatic carbocycles. The zero-order chi connectivity index (χ0) is 15.4. The van der Waals surface area contributed by atoms with Crippen LogP contribution in [0.2, 0.25) is 0 Å². The van der Waals surface area contributed by atoms with Gasteiger partial charge in [0.15, 0.2) is 0 Å². The van der Waals surface area contributed by atoms with Crippen molar-refractivity contribution in [1.29, 1.82) is 0 Å². The molecule has 21 heavy (non-hydrogen) atoms. The van der Waals surface area contributed by atoms with Crippen molar-refractivity contribution in [2.75, 3.05) is 12.8 Å². The molecule has 2 rings (SSSR count). The quantitative estimate of drug-likeness (QED) is 0.649. The third-order valence-corrected chi connectivity index (χ3v) is 3.63. The Labute approximate surface area is 123 Å². The van der Waals surface area contributed by atoms with Crippen molar-refractivity contribution in [1.82, 2.24) is 10.3 Å². The number of carbonyl (C=O) groups is 2. The molecule has 5 heteroatoms. The lowest BCUT2D eigenvalue weighted by atomic mass is 9.93. The number of pyridine rings is 1. The number of nitrogen functional groups attached to an aromatic ring is 1. The normalized spacial score (nSPS) is 12.1. The molecule has 5 nitrogen and oxygen atoms in total. The average molecular weight is 285 g/mol. The molecular formula is C16H19N3O2. The summed E-state index contributed by atoms with van der Waals surface area (Å²) in [5.74, 6) is -0.405. The van der Waals surface area contributed by atoms with E-state index in [0.29, 0.717) is 18.5 Å². The molecule has 0 radical (unpaired) electrons. The monoisotopic (exact) mass is 285 g/mol. The summed E-state index contributed by atoms with van der Waals surface area (Å²) >= 11 is 0. The van der Waals surface area contributed by atoms with E-state index in [1.54, 1.807) is 13.1 Å². The van der Waals surface area contributed by atoms with Crippen LogP contribution in [-0.2, 0) is 9.59 Å². The van der Waals surface area contributed by atoms with Gasteiger partial charge in [-0.05, 0) is 31.0 Å². The second-order valence-corrected chi connectivity index (χ2v) is 5.04. The topological polar surface area (TPSA) is 85.1 Å². The first-order valence-corrected chi connectivity index (χ1v) is 6.88. The van der Waals surface area contributed by atoms with E-state index in [4.69, 9.17) is 5.73 Å². The second-order valence-electron chi connectivity index (χ2n) is 5.04. The Morgan fingerprint density at radius 1 is 1.48 bits per heavy atom. The van der Waals surface area contributed by atoms with E-state index in [-0.39, 0.29) is 11.8 Å². The van der Waals surface area contributed by atoms with E-state index in [9.17, 15) is 9.59 Å². The van der Waals surface area contributed by atoms with Crippen LogP contribution < -0.4 is 11.1 Å². The summed E-state index contributed by atoms with van der Waals surface area (Å²) in [5.41, 5.74) is 8.91. The van der Waals surface area contributed by atoms with E-state index in [1.165, 1.54) is 0 Å². The first-order chi connectivity index (χ1) is 10.1. The first-order valence-electron chi connectivity index (χ1n) is 6.88. The average Bonchev–Trinajstić information content (AvgIpc) is 2.49. The standard InChI is InChI=1S/C16H19N3O2/c1-10-13(12(9-20)6-7-15(21)18-2)8-11-4-3-5-14(17)16(11)19-10/h3-5,8-9,12H,6-7,17H2,1-2H3,(H,18,21). The number of anilines is 1. The van der Waals surface area contributed by atoms with Crippen LogP contribution in [0.25, 0.3) is 10.9 Å². The molecule has 1 aromatic heterocycles. The summed E-state index contributed by atoms with van der Waals surface area (Å²) in [7, 11) is 1.59. The summed E-state index contributed by atoms with van der Waals surface area (Å²) in [4.78, 5) is 27.2. The van der Waals surface area contributed by atoms with Gasteiger partial charge in [0.05, 0.1) is 11.2 Å². The molecule has 0 bridgehead atoms. The fourth-order valence-corrected chi connectivity index (χ4v) is 2.41. The number of aryl methyl sites for hydroxylation is 1. The Bertz CT molecular complexity index is 683. The number of rotatable bonds is 5. The number of hydrogen-bond acceptors (Lipinski definition) is 4. The Hall–Kier alpha value is -2.43. The number of nitrogens with zero attached hydrogens (tertiary/aromatic N) is 1. The molecule has 1 atom stereocenters. The van der Waals surface area contributed by atoms with E-state index < -0.39 is 0 Å². The number of carbonyl (C=O) groups excluding carboxylic acids is 2. The third kappa shape index (κ3) is 3.18. The highest BCUT2D eigenvalue weighted by Gasteiger charge is 2.16. The molecule has 110 valence electrons. The summed E-state index contributed by atoms with van der Waals surface area (Å²) in [6, 6.07) is 7.52. The van der Waals surface area contributed by atoms with Gasteiger partial charge in [0.25, 0.3) is 0 Å². The summed E-state index contributed by atoms with van der Waals surface area (Å²) in [6.07, 6.45) is 1.67. The lowest BCUT2D eigenvalue weighted by Gasteiger charge is -2.14. The molecule has 1 unspecified atom stereocenters. The van der Waals surface area contributed by atoms with Gasteiger partial charge in [-0.15, -0.1) is 0 Å².